The van der Waals surface area contributed by atoms with Crippen LogP contribution >= 0.6 is 0 Å². The van der Waals surface area contributed by atoms with E-state index >= 15 is 0 Å². The molecule has 1 amide bonds. The van der Waals surface area contributed by atoms with E-state index in [1.54, 1.807) is 12.1 Å². The fourth-order valence-electron chi connectivity index (χ4n) is 2.50. The van der Waals surface area contributed by atoms with Gasteiger partial charge in [-0.1, -0.05) is 19.4 Å². The number of amides is 1. The van der Waals surface area contributed by atoms with Crippen LogP contribution in [0.5, 0.6) is 0 Å². The molecular formula is C14H19FN2O. The number of halogens is 1. The number of nitrogen functional groups attached to an aromatic ring is 1. The molecule has 0 aromatic heterocycles. The van der Waals surface area contributed by atoms with Gasteiger partial charge in [0, 0.05) is 19.5 Å². The van der Waals surface area contributed by atoms with Crippen LogP contribution < -0.4 is 5.73 Å². The van der Waals surface area contributed by atoms with Gasteiger partial charge in [-0.15, -0.1) is 0 Å². The van der Waals surface area contributed by atoms with Crippen LogP contribution in [0.3, 0.4) is 0 Å². The molecule has 98 valence electrons. The zero-order chi connectivity index (χ0) is 13.1. The Hall–Kier alpha value is -1.58. The highest BCUT2D eigenvalue weighted by molar-refractivity contribution is 5.78. The van der Waals surface area contributed by atoms with Crippen molar-refractivity contribution in [3.8, 4) is 0 Å². The quantitative estimate of drug-likeness (QED) is 0.835. The van der Waals surface area contributed by atoms with E-state index in [9.17, 15) is 9.18 Å². The van der Waals surface area contributed by atoms with Crippen molar-refractivity contribution in [1.82, 2.24) is 4.90 Å². The molecule has 1 atom stereocenters. The van der Waals surface area contributed by atoms with Crippen LogP contribution in [0, 0.1) is 11.7 Å². The molecule has 1 heterocycles. The fraction of sp³-hybridized carbons (Fsp3) is 0.500. The predicted molar refractivity (Wildman–Crippen MR) is 69.2 cm³/mol. The monoisotopic (exact) mass is 250 g/mol. The average Bonchev–Trinajstić information content (AvgIpc) is 2.65. The summed E-state index contributed by atoms with van der Waals surface area (Å²) in [6.45, 7) is 3.40. The van der Waals surface area contributed by atoms with Gasteiger partial charge in [0.2, 0.25) is 5.91 Å². The molecule has 0 saturated carbocycles. The minimum Gasteiger partial charge on any atom is -0.396 e. The van der Waals surface area contributed by atoms with E-state index in [-0.39, 0.29) is 11.6 Å². The van der Waals surface area contributed by atoms with E-state index < -0.39 is 5.82 Å². The first-order valence-electron chi connectivity index (χ1n) is 6.41. The molecule has 2 N–H and O–H groups in total. The second-order valence-electron chi connectivity index (χ2n) is 4.99. The van der Waals surface area contributed by atoms with E-state index in [2.05, 4.69) is 6.92 Å². The first-order valence-corrected chi connectivity index (χ1v) is 6.41. The Morgan fingerprint density at radius 2 is 2.28 bits per heavy atom. The van der Waals surface area contributed by atoms with Crippen molar-refractivity contribution in [3.05, 3.63) is 29.6 Å². The highest BCUT2D eigenvalue weighted by Crippen LogP contribution is 2.24. The lowest BCUT2D eigenvalue weighted by Gasteiger charge is -2.17. The minimum absolute atomic E-state index is 0.148. The van der Waals surface area contributed by atoms with Gasteiger partial charge in [0.1, 0.15) is 5.82 Å². The summed E-state index contributed by atoms with van der Waals surface area (Å²) in [5, 5.41) is 0. The number of hydrogen-bond donors (Lipinski definition) is 1. The molecule has 1 aromatic rings. The lowest BCUT2D eigenvalue weighted by molar-refractivity contribution is -0.128. The molecule has 1 aromatic carbocycles. The molecular weight excluding hydrogens is 231 g/mol. The number of nitrogens with zero attached hydrogens (tertiary/aromatic N) is 1. The SMILES string of the molecule is CCCC1CC(=O)N(Cc2ccc(N)c(F)c2)C1. The molecule has 18 heavy (non-hydrogen) atoms. The van der Waals surface area contributed by atoms with E-state index in [1.165, 1.54) is 6.07 Å². The maximum absolute atomic E-state index is 13.3. The molecule has 3 nitrogen and oxygen atoms in total. The van der Waals surface area contributed by atoms with Gasteiger partial charge >= 0.3 is 0 Å². The Labute approximate surface area is 107 Å². The Bertz CT molecular complexity index is 447. The largest absolute Gasteiger partial charge is 0.396 e. The lowest BCUT2D eigenvalue weighted by Crippen LogP contribution is -2.24. The molecule has 1 fully saturated rings. The first kappa shape index (κ1) is 12.9. The highest BCUT2D eigenvalue weighted by atomic mass is 19.1. The smallest absolute Gasteiger partial charge is 0.223 e. The number of hydrogen-bond acceptors (Lipinski definition) is 2. The summed E-state index contributed by atoms with van der Waals surface area (Å²) in [4.78, 5) is 13.6. The molecule has 0 aliphatic carbocycles. The van der Waals surface area contributed by atoms with Crippen LogP contribution in [0.4, 0.5) is 10.1 Å². The second-order valence-corrected chi connectivity index (χ2v) is 4.99. The number of nitrogens with two attached hydrogens (primary N) is 1. The molecule has 0 bridgehead atoms. The van der Waals surface area contributed by atoms with Crippen LogP contribution in [-0.4, -0.2) is 17.4 Å². The molecule has 4 heteroatoms. The van der Waals surface area contributed by atoms with E-state index in [4.69, 9.17) is 5.73 Å². The number of likely N-dealkylation sites (tertiary alicyclic amines) is 1. The summed E-state index contributed by atoms with van der Waals surface area (Å²) in [6, 6.07) is 4.74. The summed E-state index contributed by atoms with van der Waals surface area (Å²) in [5.41, 5.74) is 6.38. The van der Waals surface area contributed by atoms with Crippen molar-refractivity contribution in [1.29, 1.82) is 0 Å². The Morgan fingerprint density at radius 1 is 1.50 bits per heavy atom. The minimum atomic E-state index is -0.413. The van der Waals surface area contributed by atoms with E-state index in [1.807, 2.05) is 4.90 Å². The maximum Gasteiger partial charge on any atom is 0.223 e. The summed E-state index contributed by atoms with van der Waals surface area (Å²) >= 11 is 0. The van der Waals surface area contributed by atoms with Gasteiger partial charge in [-0.25, -0.2) is 4.39 Å². The van der Waals surface area contributed by atoms with E-state index in [0.717, 1.165) is 24.9 Å². The normalized spacial score (nSPS) is 19.6. The predicted octanol–water partition coefficient (Wildman–Crippen LogP) is 2.56. The first-order chi connectivity index (χ1) is 8.60. The van der Waals surface area contributed by atoms with Gasteiger partial charge in [-0.05, 0) is 30.0 Å². The van der Waals surface area contributed by atoms with Crippen molar-refractivity contribution in [2.45, 2.75) is 32.7 Å². The summed E-state index contributed by atoms with van der Waals surface area (Å²) < 4.78 is 13.3. The van der Waals surface area contributed by atoms with Crippen LogP contribution in [0.25, 0.3) is 0 Å². The Balaban J connectivity index is 2.01. The standard InChI is InChI=1S/C14H19FN2O/c1-2-3-10-7-14(18)17(8-10)9-11-4-5-13(16)12(15)6-11/h4-6,10H,2-3,7-9,16H2,1H3. The van der Waals surface area contributed by atoms with Crippen LogP contribution in [0.1, 0.15) is 31.7 Å². The van der Waals surface area contributed by atoms with Gasteiger partial charge in [-0.3, -0.25) is 4.79 Å². The summed E-state index contributed by atoms with van der Waals surface area (Å²) in [7, 11) is 0. The van der Waals surface area contributed by atoms with Crippen molar-refractivity contribution >= 4 is 11.6 Å². The van der Waals surface area contributed by atoms with Crippen molar-refractivity contribution in [2.24, 2.45) is 5.92 Å². The molecule has 1 unspecified atom stereocenters. The lowest BCUT2D eigenvalue weighted by atomic mass is 10.0. The number of rotatable bonds is 4. The molecule has 0 spiro atoms. The van der Waals surface area contributed by atoms with E-state index in [0.29, 0.717) is 18.9 Å². The highest BCUT2D eigenvalue weighted by Gasteiger charge is 2.28. The fourth-order valence-corrected chi connectivity index (χ4v) is 2.50. The number of anilines is 1. The van der Waals surface area contributed by atoms with Gasteiger partial charge < -0.3 is 10.6 Å². The number of benzene rings is 1. The third-order valence-electron chi connectivity index (χ3n) is 3.43. The molecule has 1 saturated heterocycles. The molecule has 1 aliphatic rings. The zero-order valence-electron chi connectivity index (χ0n) is 10.7. The molecule has 2 rings (SSSR count). The van der Waals surface area contributed by atoms with Gasteiger partial charge in [0.05, 0.1) is 5.69 Å². The summed E-state index contributed by atoms with van der Waals surface area (Å²) in [6.07, 6.45) is 2.81. The Morgan fingerprint density at radius 3 is 2.94 bits per heavy atom. The Kier molecular flexibility index (Phi) is 3.84. The molecule has 0 radical (unpaired) electrons. The van der Waals surface area contributed by atoms with Gasteiger partial charge in [0.15, 0.2) is 0 Å². The second kappa shape index (κ2) is 5.38. The maximum atomic E-state index is 13.3. The zero-order valence-corrected chi connectivity index (χ0v) is 10.7. The van der Waals surface area contributed by atoms with Crippen LogP contribution in [0.15, 0.2) is 18.2 Å². The average molecular weight is 250 g/mol. The third kappa shape index (κ3) is 2.81. The number of carbonyl (C=O) groups is 1. The van der Waals surface area contributed by atoms with Crippen LogP contribution in [-0.2, 0) is 11.3 Å². The van der Waals surface area contributed by atoms with Crippen molar-refractivity contribution in [3.63, 3.8) is 0 Å². The van der Waals surface area contributed by atoms with Crippen molar-refractivity contribution < 1.29 is 9.18 Å². The molecule has 1 aliphatic heterocycles. The summed E-state index contributed by atoms with van der Waals surface area (Å²) in [5.74, 6) is 0.219. The number of carbonyl (C=O) groups excluding carboxylic acids is 1. The van der Waals surface area contributed by atoms with Crippen molar-refractivity contribution in [2.75, 3.05) is 12.3 Å². The van der Waals surface area contributed by atoms with Gasteiger partial charge in [-0.2, -0.15) is 0 Å². The van der Waals surface area contributed by atoms with Gasteiger partial charge in [0.25, 0.3) is 0 Å². The van der Waals surface area contributed by atoms with Crippen LogP contribution in [0.2, 0.25) is 0 Å². The topological polar surface area (TPSA) is 46.3 Å². The third-order valence-corrected chi connectivity index (χ3v) is 3.43.